The van der Waals surface area contributed by atoms with Gasteiger partial charge in [0.2, 0.25) is 0 Å². The summed E-state index contributed by atoms with van der Waals surface area (Å²) in [6.45, 7) is 0.561. The number of hydrogen-bond donors (Lipinski definition) is 0. The molecule has 4 aromatic rings. The fourth-order valence-electron chi connectivity index (χ4n) is 3.75. The van der Waals surface area contributed by atoms with Gasteiger partial charge in [-0.1, -0.05) is 0 Å². The summed E-state index contributed by atoms with van der Waals surface area (Å²) in [4.78, 5) is 11.5. The molecular weight excluding hydrogens is 468 g/mol. The Morgan fingerprint density at radius 2 is 1.71 bits per heavy atom. The topological polar surface area (TPSA) is 95.8 Å². The maximum atomic E-state index is 11.4. The maximum absolute atomic E-state index is 11.4. The van der Waals surface area contributed by atoms with Crippen LogP contribution in [0.4, 0.5) is 11.4 Å². The number of anilines is 2. The van der Waals surface area contributed by atoms with Crippen LogP contribution in [0.3, 0.4) is 0 Å². The van der Waals surface area contributed by atoms with Crippen LogP contribution in [0.2, 0.25) is 0 Å². The van der Waals surface area contributed by atoms with Crippen molar-refractivity contribution >= 4 is 32.5 Å². The van der Waals surface area contributed by atoms with Gasteiger partial charge in [0.25, 0.3) is 10.1 Å². The molecule has 0 saturated heterocycles. The molecule has 0 bridgehead atoms. The summed E-state index contributed by atoms with van der Waals surface area (Å²) < 4.78 is 40.6. The predicted molar refractivity (Wildman–Crippen MR) is 136 cm³/mol. The van der Waals surface area contributed by atoms with Gasteiger partial charge in [0.05, 0.1) is 50.0 Å². The second-order valence-electron chi connectivity index (χ2n) is 8.10. The third-order valence-electron chi connectivity index (χ3n) is 5.44. The first-order valence-corrected chi connectivity index (χ1v) is 12.8. The zero-order valence-corrected chi connectivity index (χ0v) is 20.9. The quantitative estimate of drug-likeness (QED) is 0.239. The molecule has 0 aliphatic carbocycles. The lowest BCUT2D eigenvalue weighted by molar-refractivity contribution is 0.318. The molecule has 0 radical (unpaired) electrons. The molecule has 4 rings (SSSR count). The number of nitrogens with zero attached hydrogens (tertiary/aromatic N) is 4. The van der Waals surface area contributed by atoms with Crippen LogP contribution in [0.5, 0.6) is 11.5 Å². The Labute approximate surface area is 205 Å². The van der Waals surface area contributed by atoms with Crippen LogP contribution in [0.1, 0.15) is 6.42 Å². The van der Waals surface area contributed by atoms with Crippen molar-refractivity contribution in [2.75, 3.05) is 38.5 Å². The van der Waals surface area contributed by atoms with Gasteiger partial charge in [0.15, 0.2) is 0 Å². The van der Waals surface area contributed by atoms with E-state index in [0.717, 1.165) is 39.9 Å². The van der Waals surface area contributed by atoms with Crippen molar-refractivity contribution < 1.29 is 22.1 Å². The Balaban J connectivity index is 1.73. The van der Waals surface area contributed by atoms with E-state index in [9.17, 15) is 8.42 Å². The molecule has 0 fully saturated rings. The van der Waals surface area contributed by atoms with Crippen molar-refractivity contribution in [3.63, 3.8) is 0 Å². The summed E-state index contributed by atoms with van der Waals surface area (Å²) in [6.07, 6.45) is 7.25. The highest BCUT2D eigenvalue weighted by Gasteiger charge is 2.15. The zero-order chi connectivity index (χ0) is 25.0. The van der Waals surface area contributed by atoms with E-state index in [1.54, 1.807) is 26.5 Å². The van der Waals surface area contributed by atoms with Crippen molar-refractivity contribution in [2.24, 2.45) is 7.05 Å². The first-order valence-electron chi connectivity index (χ1n) is 11.0. The minimum Gasteiger partial charge on any atom is -0.497 e. The second kappa shape index (κ2) is 10.3. The Bertz CT molecular complexity index is 1410. The molecule has 2 aromatic carbocycles. The first-order chi connectivity index (χ1) is 16.8. The highest BCUT2D eigenvalue weighted by atomic mass is 32.2. The summed E-state index contributed by atoms with van der Waals surface area (Å²) in [5, 5.41) is 0. The normalized spacial score (nSPS) is 11.5. The third-order valence-corrected chi connectivity index (χ3v) is 6.03. The van der Waals surface area contributed by atoms with Crippen molar-refractivity contribution in [3.05, 3.63) is 61.1 Å². The van der Waals surface area contributed by atoms with E-state index < -0.39 is 10.1 Å². The number of aryl methyl sites for hydroxylation is 1. The van der Waals surface area contributed by atoms with Crippen LogP contribution >= 0.6 is 0 Å². The predicted octanol–water partition coefficient (Wildman–Crippen LogP) is 4.16. The average Bonchev–Trinajstić information content (AvgIpc) is 3.28. The molecule has 0 unspecified atom stereocenters. The van der Waals surface area contributed by atoms with Crippen molar-refractivity contribution in [1.82, 2.24) is 14.5 Å². The highest BCUT2D eigenvalue weighted by Crippen LogP contribution is 2.34. The van der Waals surface area contributed by atoms with Gasteiger partial charge in [-0.2, -0.15) is 8.42 Å². The first kappa shape index (κ1) is 24.5. The fraction of sp³-hybridized carbons (Fsp3) is 0.280. The lowest BCUT2D eigenvalue weighted by Crippen LogP contribution is -2.20. The lowest BCUT2D eigenvalue weighted by Gasteiger charge is -2.26. The number of rotatable bonds is 10. The van der Waals surface area contributed by atoms with Gasteiger partial charge in [-0.05, 0) is 30.7 Å². The van der Waals surface area contributed by atoms with Crippen LogP contribution < -0.4 is 14.4 Å². The summed E-state index contributed by atoms with van der Waals surface area (Å²) in [5.74, 6) is 1.28. The van der Waals surface area contributed by atoms with Gasteiger partial charge in [-0.15, -0.1) is 0 Å². The van der Waals surface area contributed by atoms with Gasteiger partial charge in [0.1, 0.15) is 11.5 Å². The molecule has 0 atom stereocenters. The van der Waals surface area contributed by atoms with E-state index in [0.29, 0.717) is 24.5 Å². The summed E-state index contributed by atoms with van der Waals surface area (Å²) in [7, 11) is 1.65. The number of fused-ring (bicyclic) bond motifs is 1. The maximum Gasteiger partial charge on any atom is 0.264 e. The van der Waals surface area contributed by atoms with Crippen molar-refractivity contribution in [2.45, 2.75) is 6.42 Å². The van der Waals surface area contributed by atoms with Crippen LogP contribution in [-0.2, 0) is 21.3 Å². The highest BCUT2D eigenvalue weighted by molar-refractivity contribution is 7.85. The molecule has 10 heteroatoms. The van der Waals surface area contributed by atoms with Crippen LogP contribution in [-0.4, -0.2) is 56.6 Å². The largest absolute Gasteiger partial charge is 0.497 e. The molecular formula is C25H28N4O5S. The molecule has 2 aromatic heterocycles. The fourth-order valence-corrected chi connectivity index (χ4v) is 4.17. The number of aromatic nitrogens is 3. The number of methoxy groups -OCH3 is 2. The SMILES string of the molecule is COc1cc(OC)cc(N(CCCOS(C)(=O)=O)c2ccc3ncc(-c4ccn(C)c4)nc3c2)c1. The monoisotopic (exact) mass is 496 g/mol. The lowest BCUT2D eigenvalue weighted by atomic mass is 10.1. The third kappa shape index (κ3) is 6.09. The van der Waals surface area contributed by atoms with Crippen molar-refractivity contribution in [3.8, 4) is 22.8 Å². The number of ether oxygens (including phenoxy) is 2. The molecule has 0 saturated carbocycles. The van der Waals surface area contributed by atoms with Gasteiger partial charge in [0, 0.05) is 61.1 Å². The molecule has 0 aliphatic rings. The van der Waals surface area contributed by atoms with Crippen LogP contribution in [0.25, 0.3) is 22.3 Å². The minimum absolute atomic E-state index is 0.0714. The molecule has 0 aliphatic heterocycles. The Hall–Kier alpha value is -3.63. The van der Waals surface area contributed by atoms with Gasteiger partial charge < -0.3 is 18.9 Å². The number of benzene rings is 2. The van der Waals surface area contributed by atoms with Gasteiger partial charge in [-0.3, -0.25) is 9.17 Å². The van der Waals surface area contributed by atoms with Gasteiger partial charge >= 0.3 is 0 Å². The average molecular weight is 497 g/mol. The summed E-state index contributed by atoms with van der Waals surface area (Å²) in [5.41, 5.74) is 4.98. The Kier molecular flexibility index (Phi) is 7.23. The molecule has 2 heterocycles. The van der Waals surface area contributed by atoms with E-state index in [1.165, 1.54) is 0 Å². The molecule has 0 amide bonds. The summed E-state index contributed by atoms with van der Waals surface area (Å²) >= 11 is 0. The zero-order valence-electron chi connectivity index (χ0n) is 20.1. The summed E-state index contributed by atoms with van der Waals surface area (Å²) in [6, 6.07) is 13.4. The van der Waals surface area contributed by atoms with Crippen LogP contribution in [0.15, 0.2) is 61.1 Å². The number of hydrogen-bond acceptors (Lipinski definition) is 8. The van der Waals surface area contributed by atoms with E-state index in [-0.39, 0.29) is 6.61 Å². The minimum atomic E-state index is -3.51. The Morgan fingerprint density at radius 1 is 0.971 bits per heavy atom. The van der Waals surface area contributed by atoms with E-state index >= 15 is 0 Å². The smallest absolute Gasteiger partial charge is 0.264 e. The van der Waals surface area contributed by atoms with E-state index in [2.05, 4.69) is 4.98 Å². The second-order valence-corrected chi connectivity index (χ2v) is 9.74. The Morgan fingerprint density at radius 3 is 2.34 bits per heavy atom. The molecule has 9 nitrogen and oxygen atoms in total. The van der Waals surface area contributed by atoms with E-state index in [1.807, 2.05) is 65.3 Å². The molecule has 35 heavy (non-hydrogen) atoms. The van der Waals surface area contributed by atoms with E-state index in [4.69, 9.17) is 18.6 Å². The van der Waals surface area contributed by atoms with Gasteiger partial charge in [-0.25, -0.2) is 4.98 Å². The van der Waals surface area contributed by atoms with Crippen LogP contribution in [0, 0.1) is 0 Å². The molecule has 0 N–H and O–H groups in total. The van der Waals surface area contributed by atoms with Crippen molar-refractivity contribution in [1.29, 1.82) is 0 Å². The molecule has 0 spiro atoms. The molecule has 184 valence electrons. The standard InChI is InChI=1S/C25H28N4O5S/c1-28-10-8-18(17-28)25-16-26-23-7-6-19(14-24(23)27-25)29(9-5-11-34-35(4,30)31)20-12-21(32-2)15-22(13-20)33-3/h6-8,10,12-17H,5,9,11H2,1-4H3.